The van der Waals surface area contributed by atoms with E-state index in [9.17, 15) is 4.79 Å². The molecule has 0 radical (unpaired) electrons. The molecule has 2 N–H and O–H groups in total. The maximum Gasteiger partial charge on any atom is 0.176 e. The second-order valence-corrected chi connectivity index (χ2v) is 3.27. The third kappa shape index (κ3) is 2.54. The molecule has 0 saturated heterocycles. The van der Waals surface area contributed by atoms with Crippen molar-refractivity contribution in [3.63, 3.8) is 0 Å². The van der Waals surface area contributed by atoms with Gasteiger partial charge in [-0.05, 0) is 11.6 Å². The molecule has 0 aliphatic heterocycles. The van der Waals surface area contributed by atoms with Gasteiger partial charge in [-0.3, -0.25) is 4.79 Å². The molecule has 0 bridgehead atoms. The van der Waals surface area contributed by atoms with Gasteiger partial charge in [0.1, 0.15) is 0 Å². The third-order valence-electron chi connectivity index (χ3n) is 1.86. The Balaban J connectivity index is 2.94. The van der Waals surface area contributed by atoms with E-state index in [-0.39, 0.29) is 12.3 Å². The monoisotopic (exact) mass is 213 g/mol. The number of benzene rings is 1. The van der Waals surface area contributed by atoms with Gasteiger partial charge in [0.05, 0.1) is 13.2 Å². The average molecular weight is 214 g/mol. The normalized spacial score (nSPS) is 10.2. The number of halogens is 1. The van der Waals surface area contributed by atoms with E-state index in [1.807, 2.05) is 0 Å². The van der Waals surface area contributed by atoms with Gasteiger partial charge in [0.2, 0.25) is 0 Å². The molecule has 0 aliphatic rings. The van der Waals surface area contributed by atoms with Gasteiger partial charge in [-0.15, -0.1) is 0 Å². The van der Waals surface area contributed by atoms with E-state index in [0.29, 0.717) is 17.2 Å². The third-order valence-corrected chi connectivity index (χ3v) is 2.21. The van der Waals surface area contributed by atoms with E-state index in [1.54, 1.807) is 25.3 Å². The fourth-order valence-electron chi connectivity index (χ4n) is 1.11. The number of Topliss-reactive ketones (excluding diaryl/α,β-unsaturated/α-hetero) is 1. The summed E-state index contributed by atoms with van der Waals surface area (Å²) in [7, 11) is 1.59. The van der Waals surface area contributed by atoms with Crippen LogP contribution in [0.15, 0.2) is 18.2 Å². The zero-order valence-corrected chi connectivity index (χ0v) is 8.67. The number of hydrogen-bond acceptors (Lipinski definition) is 3. The van der Waals surface area contributed by atoms with E-state index in [4.69, 9.17) is 22.1 Å². The lowest BCUT2D eigenvalue weighted by atomic mass is 10.1. The van der Waals surface area contributed by atoms with Crippen molar-refractivity contribution >= 4 is 17.4 Å². The maximum atomic E-state index is 11.2. The number of carbonyl (C=O) groups is 1. The number of rotatable bonds is 4. The van der Waals surface area contributed by atoms with Crippen molar-refractivity contribution in [3.8, 4) is 0 Å². The van der Waals surface area contributed by atoms with Crippen LogP contribution in [-0.4, -0.2) is 19.4 Å². The van der Waals surface area contributed by atoms with Crippen molar-refractivity contribution in [2.24, 2.45) is 5.73 Å². The van der Waals surface area contributed by atoms with Crippen molar-refractivity contribution in [3.05, 3.63) is 34.3 Å². The summed E-state index contributed by atoms with van der Waals surface area (Å²) in [5, 5.41) is 0.533. The summed E-state index contributed by atoms with van der Waals surface area (Å²) in [4.78, 5) is 11.2. The summed E-state index contributed by atoms with van der Waals surface area (Å²) in [6, 6.07) is 5.09. The fourth-order valence-corrected chi connectivity index (χ4v) is 1.35. The van der Waals surface area contributed by atoms with Crippen LogP contribution in [0.2, 0.25) is 5.02 Å². The Hall–Kier alpha value is -0.900. The predicted molar refractivity (Wildman–Crippen MR) is 55.5 cm³/mol. The highest BCUT2D eigenvalue weighted by atomic mass is 35.5. The second-order valence-electron chi connectivity index (χ2n) is 2.87. The molecular formula is C10H12ClNO2. The number of methoxy groups -OCH3 is 1. The van der Waals surface area contributed by atoms with Crippen LogP contribution in [0.25, 0.3) is 0 Å². The van der Waals surface area contributed by atoms with Gasteiger partial charge in [-0.25, -0.2) is 0 Å². The Morgan fingerprint density at radius 3 is 2.79 bits per heavy atom. The van der Waals surface area contributed by atoms with Gasteiger partial charge in [-0.1, -0.05) is 23.7 Å². The van der Waals surface area contributed by atoms with Gasteiger partial charge < -0.3 is 10.5 Å². The molecule has 0 fully saturated rings. The van der Waals surface area contributed by atoms with Gasteiger partial charge in [0.25, 0.3) is 0 Å². The molecule has 0 aromatic heterocycles. The van der Waals surface area contributed by atoms with Crippen LogP contribution >= 0.6 is 11.6 Å². The molecule has 0 amide bonds. The van der Waals surface area contributed by atoms with Gasteiger partial charge in [0.15, 0.2) is 5.78 Å². The van der Waals surface area contributed by atoms with Gasteiger partial charge in [-0.2, -0.15) is 0 Å². The van der Waals surface area contributed by atoms with Crippen LogP contribution in [0.3, 0.4) is 0 Å². The van der Waals surface area contributed by atoms with Crippen molar-refractivity contribution in [1.82, 2.24) is 0 Å². The van der Waals surface area contributed by atoms with Crippen LogP contribution in [0.5, 0.6) is 0 Å². The van der Waals surface area contributed by atoms with Crippen LogP contribution in [0.4, 0.5) is 0 Å². The molecule has 76 valence electrons. The minimum absolute atomic E-state index is 0.0000463. The molecule has 0 saturated carbocycles. The molecule has 1 aromatic carbocycles. The Morgan fingerprint density at radius 1 is 1.57 bits per heavy atom. The first-order chi connectivity index (χ1) is 6.69. The summed E-state index contributed by atoms with van der Waals surface area (Å²) in [5.74, 6) is -0.115. The molecule has 4 heteroatoms. The van der Waals surface area contributed by atoms with Crippen molar-refractivity contribution in [1.29, 1.82) is 0 Å². The molecule has 1 rings (SSSR count). The summed E-state index contributed by atoms with van der Waals surface area (Å²) in [6.45, 7) is 0.440. The Morgan fingerprint density at radius 2 is 2.29 bits per heavy atom. The number of carbonyl (C=O) groups excluding carboxylic acids is 1. The lowest BCUT2D eigenvalue weighted by molar-refractivity contribution is 0.100. The molecule has 0 unspecified atom stereocenters. The molecule has 0 aliphatic carbocycles. The SMILES string of the molecule is COCc1ccc(C(=O)CN)cc1Cl. The van der Waals surface area contributed by atoms with E-state index in [2.05, 4.69) is 0 Å². The average Bonchev–Trinajstić information content (AvgIpc) is 2.20. The minimum atomic E-state index is -0.115. The number of ether oxygens (including phenoxy) is 1. The number of nitrogens with two attached hydrogens (primary N) is 1. The maximum absolute atomic E-state index is 11.2. The lowest BCUT2D eigenvalue weighted by Crippen LogP contribution is -2.13. The summed E-state index contributed by atoms with van der Waals surface area (Å²) in [5.41, 5.74) is 6.64. The first-order valence-electron chi connectivity index (χ1n) is 4.19. The van der Waals surface area contributed by atoms with Gasteiger partial charge >= 0.3 is 0 Å². The van der Waals surface area contributed by atoms with E-state index < -0.39 is 0 Å². The van der Waals surface area contributed by atoms with Crippen molar-refractivity contribution in [2.75, 3.05) is 13.7 Å². The standard InChI is InChI=1S/C10H12ClNO2/c1-14-6-8-3-2-7(4-9(8)11)10(13)5-12/h2-4H,5-6,12H2,1H3. The summed E-state index contributed by atoms with van der Waals surface area (Å²) < 4.78 is 4.94. The van der Waals surface area contributed by atoms with E-state index in [1.165, 1.54) is 0 Å². The zero-order chi connectivity index (χ0) is 10.6. The number of ketones is 1. The second kappa shape index (κ2) is 5.10. The van der Waals surface area contributed by atoms with Gasteiger partial charge in [0, 0.05) is 17.7 Å². The summed E-state index contributed by atoms with van der Waals surface area (Å²) in [6.07, 6.45) is 0. The fraction of sp³-hybridized carbons (Fsp3) is 0.300. The molecule has 0 heterocycles. The molecule has 0 atom stereocenters. The quantitative estimate of drug-likeness (QED) is 0.774. The topological polar surface area (TPSA) is 52.3 Å². The van der Waals surface area contributed by atoms with Crippen LogP contribution in [-0.2, 0) is 11.3 Å². The van der Waals surface area contributed by atoms with E-state index >= 15 is 0 Å². The number of hydrogen-bond donors (Lipinski definition) is 1. The first kappa shape index (κ1) is 11.2. The molecule has 14 heavy (non-hydrogen) atoms. The summed E-state index contributed by atoms with van der Waals surface area (Å²) >= 11 is 5.94. The Bertz CT molecular complexity index is 339. The largest absolute Gasteiger partial charge is 0.380 e. The molecule has 0 spiro atoms. The first-order valence-corrected chi connectivity index (χ1v) is 4.57. The minimum Gasteiger partial charge on any atom is -0.380 e. The smallest absolute Gasteiger partial charge is 0.176 e. The molecule has 3 nitrogen and oxygen atoms in total. The molecule has 1 aromatic rings. The Kier molecular flexibility index (Phi) is 4.07. The van der Waals surface area contributed by atoms with E-state index in [0.717, 1.165) is 5.56 Å². The highest BCUT2D eigenvalue weighted by Gasteiger charge is 2.06. The predicted octanol–water partition coefficient (Wildman–Crippen LogP) is 1.63. The molecular weight excluding hydrogens is 202 g/mol. The highest BCUT2D eigenvalue weighted by Crippen LogP contribution is 2.18. The van der Waals surface area contributed by atoms with Crippen LogP contribution < -0.4 is 5.73 Å². The Labute approximate surface area is 87.8 Å². The lowest BCUT2D eigenvalue weighted by Gasteiger charge is -2.04. The van der Waals surface area contributed by atoms with Crippen molar-refractivity contribution in [2.45, 2.75) is 6.61 Å². The highest BCUT2D eigenvalue weighted by molar-refractivity contribution is 6.31. The van der Waals surface area contributed by atoms with Crippen LogP contribution in [0, 0.1) is 0 Å². The van der Waals surface area contributed by atoms with Crippen LogP contribution in [0.1, 0.15) is 15.9 Å². The zero-order valence-electron chi connectivity index (χ0n) is 7.92. The van der Waals surface area contributed by atoms with Crippen molar-refractivity contribution < 1.29 is 9.53 Å².